The fourth-order valence-corrected chi connectivity index (χ4v) is 2.45. The Hall–Kier alpha value is -1.59. The zero-order valence-corrected chi connectivity index (χ0v) is 12.6. The summed E-state index contributed by atoms with van der Waals surface area (Å²) in [6, 6.07) is 9.38. The van der Waals surface area contributed by atoms with Gasteiger partial charge in [0.1, 0.15) is 23.4 Å². The summed E-state index contributed by atoms with van der Waals surface area (Å²) in [5.74, 6) is 0.685. The Morgan fingerprint density at radius 1 is 1.10 bits per heavy atom. The number of aliphatic hydroxyl groups is 1. The van der Waals surface area contributed by atoms with E-state index in [1.54, 1.807) is 24.3 Å². The molecule has 0 amide bonds. The Balaban J connectivity index is 2.48. The van der Waals surface area contributed by atoms with E-state index in [0.717, 1.165) is 0 Å². The first kappa shape index (κ1) is 14.8. The molecule has 0 saturated carbocycles. The van der Waals surface area contributed by atoms with Crippen molar-refractivity contribution in [2.75, 3.05) is 14.2 Å². The number of benzene rings is 2. The van der Waals surface area contributed by atoms with Crippen LogP contribution in [0.5, 0.6) is 11.5 Å². The highest BCUT2D eigenvalue weighted by molar-refractivity contribution is 9.10. The minimum atomic E-state index is -1.01. The monoisotopic (exact) mass is 340 g/mol. The van der Waals surface area contributed by atoms with Gasteiger partial charge in [-0.25, -0.2) is 4.39 Å². The van der Waals surface area contributed by atoms with E-state index in [-0.39, 0.29) is 0 Å². The van der Waals surface area contributed by atoms with Gasteiger partial charge in [0.25, 0.3) is 0 Å². The molecule has 20 heavy (non-hydrogen) atoms. The van der Waals surface area contributed by atoms with E-state index in [9.17, 15) is 9.50 Å². The molecule has 1 atom stereocenters. The van der Waals surface area contributed by atoms with Crippen molar-refractivity contribution in [2.24, 2.45) is 0 Å². The quantitative estimate of drug-likeness (QED) is 0.922. The molecular weight excluding hydrogens is 327 g/mol. The summed E-state index contributed by atoms with van der Waals surface area (Å²) in [5.41, 5.74) is 0.952. The maximum atomic E-state index is 13.4. The molecule has 2 aromatic carbocycles. The molecule has 0 aliphatic rings. The van der Waals surface area contributed by atoms with Crippen molar-refractivity contribution in [1.29, 1.82) is 0 Å². The lowest BCUT2D eigenvalue weighted by molar-refractivity contribution is 0.213. The molecule has 0 saturated heterocycles. The first-order valence-electron chi connectivity index (χ1n) is 5.91. The number of ether oxygens (including phenoxy) is 2. The molecule has 3 nitrogen and oxygen atoms in total. The lowest BCUT2D eigenvalue weighted by Crippen LogP contribution is -2.03. The predicted molar refractivity (Wildman–Crippen MR) is 77.7 cm³/mol. The van der Waals surface area contributed by atoms with Crippen LogP contribution in [-0.4, -0.2) is 19.3 Å². The molecule has 0 heterocycles. The lowest BCUT2D eigenvalue weighted by Gasteiger charge is -2.16. The van der Waals surface area contributed by atoms with Crippen LogP contribution in [0.15, 0.2) is 40.9 Å². The van der Waals surface area contributed by atoms with Crippen LogP contribution in [0.4, 0.5) is 4.39 Å². The summed E-state index contributed by atoms with van der Waals surface area (Å²) < 4.78 is 24.4. The van der Waals surface area contributed by atoms with E-state index in [1.807, 2.05) is 0 Å². The smallest absolute Gasteiger partial charge is 0.125 e. The molecule has 1 N–H and O–H groups in total. The summed E-state index contributed by atoms with van der Waals surface area (Å²) in [5, 5.41) is 10.4. The average Bonchev–Trinajstić information content (AvgIpc) is 2.44. The van der Waals surface area contributed by atoms with Crippen molar-refractivity contribution in [2.45, 2.75) is 6.10 Å². The van der Waals surface area contributed by atoms with Crippen LogP contribution in [0, 0.1) is 5.82 Å². The highest BCUT2D eigenvalue weighted by atomic mass is 79.9. The van der Waals surface area contributed by atoms with Gasteiger partial charge < -0.3 is 14.6 Å². The molecule has 0 fully saturated rings. The third-order valence-corrected chi connectivity index (χ3v) is 3.39. The van der Waals surface area contributed by atoms with Gasteiger partial charge in [-0.15, -0.1) is 0 Å². The number of hydrogen-bond acceptors (Lipinski definition) is 3. The van der Waals surface area contributed by atoms with Crippen molar-refractivity contribution >= 4 is 15.9 Å². The molecule has 106 valence electrons. The normalized spacial score (nSPS) is 12.1. The Labute approximate surface area is 125 Å². The van der Waals surface area contributed by atoms with Gasteiger partial charge in [0.15, 0.2) is 0 Å². The second kappa shape index (κ2) is 6.24. The van der Waals surface area contributed by atoms with Gasteiger partial charge in [0, 0.05) is 10.0 Å². The van der Waals surface area contributed by atoms with E-state index in [4.69, 9.17) is 9.47 Å². The Morgan fingerprint density at radius 3 is 2.45 bits per heavy atom. The van der Waals surface area contributed by atoms with Gasteiger partial charge in [-0.05, 0) is 42.0 Å². The first-order chi connectivity index (χ1) is 9.55. The summed E-state index contributed by atoms with van der Waals surface area (Å²) in [6.07, 6.45) is -1.01. The zero-order chi connectivity index (χ0) is 14.7. The van der Waals surface area contributed by atoms with Crippen molar-refractivity contribution in [3.8, 4) is 11.5 Å². The van der Waals surface area contributed by atoms with Crippen LogP contribution in [0.2, 0.25) is 0 Å². The molecule has 5 heteroatoms. The van der Waals surface area contributed by atoms with E-state index in [1.165, 1.54) is 26.4 Å². The third kappa shape index (κ3) is 3.11. The van der Waals surface area contributed by atoms with Gasteiger partial charge in [0.2, 0.25) is 0 Å². The van der Waals surface area contributed by atoms with E-state index in [2.05, 4.69) is 15.9 Å². The molecule has 0 bridgehead atoms. The number of halogens is 2. The topological polar surface area (TPSA) is 38.7 Å². The number of aliphatic hydroxyl groups excluding tert-OH is 1. The van der Waals surface area contributed by atoms with Crippen molar-refractivity contribution in [3.05, 3.63) is 57.8 Å². The van der Waals surface area contributed by atoms with Gasteiger partial charge >= 0.3 is 0 Å². The molecule has 0 aliphatic carbocycles. The van der Waals surface area contributed by atoms with Crippen LogP contribution in [0.1, 0.15) is 17.2 Å². The summed E-state index contributed by atoms with van der Waals surface area (Å²) >= 11 is 3.21. The maximum Gasteiger partial charge on any atom is 0.125 e. The van der Waals surface area contributed by atoms with E-state index in [0.29, 0.717) is 27.1 Å². The largest absolute Gasteiger partial charge is 0.497 e. The molecule has 0 aliphatic heterocycles. The molecule has 0 radical (unpaired) electrons. The SMILES string of the molecule is COc1ccc(OC)c(C(O)c2cc(F)cc(Br)c2)c1. The van der Waals surface area contributed by atoms with Crippen molar-refractivity contribution in [3.63, 3.8) is 0 Å². The first-order valence-corrected chi connectivity index (χ1v) is 6.70. The fourth-order valence-electron chi connectivity index (χ4n) is 1.97. The maximum absolute atomic E-state index is 13.4. The van der Waals surface area contributed by atoms with Crippen LogP contribution >= 0.6 is 15.9 Å². The number of rotatable bonds is 4. The minimum absolute atomic E-state index is 0.421. The van der Waals surface area contributed by atoms with Gasteiger partial charge in [-0.3, -0.25) is 0 Å². The van der Waals surface area contributed by atoms with E-state index < -0.39 is 11.9 Å². The molecule has 1 unspecified atom stereocenters. The van der Waals surface area contributed by atoms with E-state index >= 15 is 0 Å². The Bertz CT molecular complexity index is 596. The second-order valence-electron chi connectivity index (χ2n) is 4.21. The van der Waals surface area contributed by atoms with Crippen LogP contribution in [0.3, 0.4) is 0 Å². The van der Waals surface area contributed by atoms with Crippen molar-refractivity contribution < 1.29 is 19.0 Å². The molecule has 2 rings (SSSR count). The van der Waals surface area contributed by atoms with Gasteiger partial charge in [-0.1, -0.05) is 15.9 Å². The molecule has 2 aromatic rings. The molecule has 0 aromatic heterocycles. The van der Waals surface area contributed by atoms with Crippen LogP contribution in [-0.2, 0) is 0 Å². The Kier molecular flexibility index (Phi) is 4.62. The lowest BCUT2D eigenvalue weighted by atomic mass is 10.0. The third-order valence-electron chi connectivity index (χ3n) is 2.93. The predicted octanol–water partition coefficient (Wildman–Crippen LogP) is 3.69. The highest BCUT2D eigenvalue weighted by Crippen LogP contribution is 2.34. The van der Waals surface area contributed by atoms with Crippen LogP contribution in [0.25, 0.3) is 0 Å². The summed E-state index contributed by atoms with van der Waals surface area (Å²) in [4.78, 5) is 0. The highest BCUT2D eigenvalue weighted by Gasteiger charge is 2.17. The minimum Gasteiger partial charge on any atom is -0.497 e. The second-order valence-corrected chi connectivity index (χ2v) is 5.13. The number of hydrogen-bond donors (Lipinski definition) is 1. The van der Waals surface area contributed by atoms with Gasteiger partial charge in [-0.2, -0.15) is 0 Å². The standard InChI is InChI=1S/C15H14BrFO3/c1-19-12-3-4-14(20-2)13(8-12)15(18)9-5-10(16)7-11(17)6-9/h3-8,15,18H,1-2H3. The number of methoxy groups -OCH3 is 2. The average molecular weight is 341 g/mol. The Morgan fingerprint density at radius 2 is 1.85 bits per heavy atom. The summed E-state index contributed by atoms with van der Waals surface area (Å²) in [6.45, 7) is 0. The summed E-state index contributed by atoms with van der Waals surface area (Å²) in [7, 11) is 3.05. The van der Waals surface area contributed by atoms with Crippen molar-refractivity contribution in [1.82, 2.24) is 0 Å². The fraction of sp³-hybridized carbons (Fsp3) is 0.200. The van der Waals surface area contributed by atoms with Gasteiger partial charge in [0.05, 0.1) is 14.2 Å². The molecule has 0 spiro atoms. The van der Waals surface area contributed by atoms with Crippen LogP contribution < -0.4 is 9.47 Å². The molecular formula is C15H14BrFO3. The zero-order valence-electron chi connectivity index (χ0n) is 11.1.